The highest BCUT2D eigenvalue weighted by Crippen LogP contribution is 2.55. The van der Waals surface area contributed by atoms with Crippen LogP contribution >= 0.6 is 0 Å². The van der Waals surface area contributed by atoms with Crippen LogP contribution in [-0.4, -0.2) is 23.7 Å². The van der Waals surface area contributed by atoms with Gasteiger partial charge in [0.1, 0.15) is 0 Å². The molecule has 2 unspecified atom stereocenters. The van der Waals surface area contributed by atoms with Crippen molar-refractivity contribution in [3.63, 3.8) is 0 Å². The third kappa shape index (κ3) is 2.24. The van der Waals surface area contributed by atoms with Crippen molar-refractivity contribution >= 4 is 5.91 Å². The summed E-state index contributed by atoms with van der Waals surface area (Å²) in [5.41, 5.74) is 0. The number of rotatable bonds is 4. The highest BCUT2D eigenvalue weighted by atomic mass is 16.3. The van der Waals surface area contributed by atoms with Gasteiger partial charge in [-0.3, -0.25) is 4.79 Å². The first-order valence-electron chi connectivity index (χ1n) is 6.56. The fourth-order valence-corrected chi connectivity index (χ4v) is 3.08. The lowest BCUT2D eigenvalue weighted by Crippen LogP contribution is -2.42. The number of amides is 1. The van der Waals surface area contributed by atoms with Crippen LogP contribution in [0, 0.1) is 23.7 Å². The van der Waals surface area contributed by atoms with Crippen LogP contribution in [0.2, 0.25) is 0 Å². The van der Waals surface area contributed by atoms with E-state index >= 15 is 0 Å². The van der Waals surface area contributed by atoms with Crippen LogP contribution in [0.1, 0.15) is 39.5 Å². The van der Waals surface area contributed by atoms with Crippen LogP contribution in [0.4, 0.5) is 0 Å². The van der Waals surface area contributed by atoms with E-state index in [1.54, 1.807) is 0 Å². The summed E-state index contributed by atoms with van der Waals surface area (Å²) in [5, 5.41) is 12.2. The first-order valence-corrected chi connectivity index (χ1v) is 6.56. The Balaban J connectivity index is 1.84. The summed E-state index contributed by atoms with van der Waals surface area (Å²) in [4.78, 5) is 12.0. The molecule has 2 fully saturated rings. The summed E-state index contributed by atoms with van der Waals surface area (Å²) in [5.74, 6) is 2.05. The van der Waals surface area contributed by atoms with Crippen molar-refractivity contribution in [1.29, 1.82) is 0 Å². The fourth-order valence-electron chi connectivity index (χ4n) is 3.08. The van der Waals surface area contributed by atoms with Gasteiger partial charge in [-0.2, -0.15) is 0 Å². The van der Waals surface area contributed by atoms with Crippen LogP contribution in [0.15, 0.2) is 0 Å². The minimum atomic E-state index is -0.0739. The molecule has 3 atom stereocenters. The average Bonchev–Trinajstić information content (AvgIpc) is 2.99. The van der Waals surface area contributed by atoms with E-state index in [1.807, 2.05) is 13.8 Å². The lowest BCUT2D eigenvalue weighted by atomic mass is 10.0. The maximum atomic E-state index is 12.0. The Morgan fingerprint density at radius 2 is 1.88 bits per heavy atom. The molecule has 0 radical (unpaired) electrons. The third-order valence-electron chi connectivity index (χ3n) is 4.29. The topological polar surface area (TPSA) is 49.3 Å². The van der Waals surface area contributed by atoms with Gasteiger partial charge in [-0.25, -0.2) is 0 Å². The van der Waals surface area contributed by atoms with E-state index in [1.165, 1.54) is 25.7 Å². The second kappa shape index (κ2) is 4.74. The Hall–Kier alpha value is -0.570. The van der Waals surface area contributed by atoms with Gasteiger partial charge in [-0.05, 0) is 30.6 Å². The second-order valence-corrected chi connectivity index (χ2v) is 5.68. The summed E-state index contributed by atoms with van der Waals surface area (Å²) in [7, 11) is 0. The maximum Gasteiger partial charge on any atom is 0.223 e. The van der Waals surface area contributed by atoms with Crippen LogP contribution in [0.25, 0.3) is 0 Å². The summed E-state index contributed by atoms with van der Waals surface area (Å²) < 4.78 is 0. The smallest absolute Gasteiger partial charge is 0.223 e. The number of carbonyl (C=O) groups is 1. The molecular formula is C13H23NO2. The summed E-state index contributed by atoms with van der Waals surface area (Å²) >= 11 is 0. The molecule has 3 heteroatoms. The summed E-state index contributed by atoms with van der Waals surface area (Å²) in [6.45, 7) is 4.10. The monoisotopic (exact) mass is 225 g/mol. The molecule has 0 aromatic heterocycles. The Bertz CT molecular complexity index is 253. The van der Waals surface area contributed by atoms with Crippen LogP contribution < -0.4 is 5.32 Å². The summed E-state index contributed by atoms with van der Waals surface area (Å²) in [6.07, 6.45) is 5.04. The molecular weight excluding hydrogens is 202 g/mol. The molecule has 2 N–H and O–H groups in total. The SMILES string of the molecule is CC(C)[C@@H](CO)NC(=O)C1C2CCCCC21. The number of hydrogen-bond donors (Lipinski definition) is 2. The zero-order chi connectivity index (χ0) is 11.7. The highest BCUT2D eigenvalue weighted by Gasteiger charge is 2.54. The molecule has 0 spiro atoms. The van der Waals surface area contributed by atoms with Gasteiger partial charge in [0.2, 0.25) is 5.91 Å². The Morgan fingerprint density at radius 1 is 1.31 bits per heavy atom. The standard InChI is InChI=1S/C13H23NO2/c1-8(2)11(7-15)14-13(16)12-9-5-3-4-6-10(9)12/h8-12,15H,3-7H2,1-2H3,(H,14,16)/t9?,10?,11-,12?/m1/s1. The van der Waals surface area contributed by atoms with Gasteiger partial charge in [0.25, 0.3) is 0 Å². The molecule has 0 aromatic carbocycles. The van der Waals surface area contributed by atoms with Crippen LogP contribution in [0.5, 0.6) is 0 Å². The molecule has 2 saturated carbocycles. The molecule has 0 aliphatic heterocycles. The zero-order valence-corrected chi connectivity index (χ0v) is 10.3. The van der Waals surface area contributed by atoms with Gasteiger partial charge in [-0.15, -0.1) is 0 Å². The molecule has 0 bridgehead atoms. The van der Waals surface area contributed by atoms with E-state index in [2.05, 4.69) is 5.32 Å². The minimum Gasteiger partial charge on any atom is -0.394 e. The second-order valence-electron chi connectivity index (χ2n) is 5.68. The largest absolute Gasteiger partial charge is 0.394 e. The van der Waals surface area contributed by atoms with Crippen molar-refractivity contribution in [2.24, 2.45) is 23.7 Å². The molecule has 92 valence electrons. The normalized spacial score (nSPS) is 34.4. The van der Waals surface area contributed by atoms with Crippen molar-refractivity contribution in [2.45, 2.75) is 45.6 Å². The van der Waals surface area contributed by atoms with E-state index in [-0.39, 0.29) is 24.5 Å². The Kier molecular flexibility index (Phi) is 3.53. The number of nitrogens with one attached hydrogen (secondary N) is 1. The van der Waals surface area contributed by atoms with Gasteiger partial charge >= 0.3 is 0 Å². The first kappa shape index (κ1) is 11.9. The first-order chi connectivity index (χ1) is 7.65. The lowest BCUT2D eigenvalue weighted by molar-refractivity contribution is -0.124. The quantitative estimate of drug-likeness (QED) is 0.762. The number of aliphatic hydroxyl groups is 1. The molecule has 2 aliphatic carbocycles. The average molecular weight is 225 g/mol. The fraction of sp³-hybridized carbons (Fsp3) is 0.923. The van der Waals surface area contributed by atoms with Gasteiger partial charge in [0, 0.05) is 5.92 Å². The van der Waals surface area contributed by atoms with E-state index in [0.29, 0.717) is 17.8 Å². The number of aliphatic hydroxyl groups excluding tert-OH is 1. The maximum absolute atomic E-state index is 12.0. The van der Waals surface area contributed by atoms with Crippen LogP contribution in [0.3, 0.4) is 0 Å². The summed E-state index contributed by atoms with van der Waals surface area (Å²) in [6, 6.07) is -0.0739. The van der Waals surface area contributed by atoms with Gasteiger partial charge in [0.15, 0.2) is 0 Å². The molecule has 0 heterocycles. The molecule has 0 aromatic rings. The van der Waals surface area contributed by atoms with Crippen molar-refractivity contribution in [2.75, 3.05) is 6.61 Å². The van der Waals surface area contributed by atoms with E-state index < -0.39 is 0 Å². The third-order valence-corrected chi connectivity index (χ3v) is 4.29. The molecule has 2 rings (SSSR count). The van der Waals surface area contributed by atoms with Crippen LogP contribution in [-0.2, 0) is 4.79 Å². The molecule has 16 heavy (non-hydrogen) atoms. The zero-order valence-electron chi connectivity index (χ0n) is 10.3. The Morgan fingerprint density at radius 3 is 2.31 bits per heavy atom. The van der Waals surface area contributed by atoms with Crippen molar-refractivity contribution < 1.29 is 9.90 Å². The Labute approximate surface area is 97.6 Å². The minimum absolute atomic E-state index is 0.0471. The van der Waals surface area contributed by atoms with E-state index in [4.69, 9.17) is 0 Å². The van der Waals surface area contributed by atoms with E-state index in [9.17, 15) is 9.90 Å². The predicted octanol–water partition coefficient (Wildman–Crippen LogP) is 1.56. The van der Waals surface area contributed by atoms with Gasteiger partial charge in [0.05, 0.1) is 12.6 Å². The number of hydrogen-bond acceptors (Lipinski definition) is 2. The van der Waals surface area contributed by atoms with Gasteiger partial charge in [-0.1, -0.05) is 26.7 Å². The molecule has 3 nitrogen and oxygen atoms in total. The molecule has 1 amide bonds. The molecule has 0 saturated heterocycles. The number of carbonyl (C=O) groups excluding carboxylic acids is 1. The van der Waals surface area contributed by atoms with Crippen molar-refractivity contribution in [1.82, 2.24) is 5.32 Å². The van der Waals surface area contributed by atoms with Gasteiger partial charge < -0.3 is 10.4 Å². The van der Waals surface area contributed by atoms with E-state index in [0.717, 1.165) is 0 Å². The highest BCUT2D eigenvalue weighted by molar-refractivity contribution is 5.82. The number of fused-ring (bicyclic) bond motifs is 1. The van der Waals surface area contributed by atoms with Crippen molar-refractivity contribution in [3.05, 3.63) is 0 Å². The molecule has 2 aliphatic rings. The van der Waals surface area contributed by atoms with Crippen molar-refractivity contribution in [3.8, 4) is 0 Å². The predicted molar refractivity (Wildman–Crippen MR) is 62.8 cm³/mol. The lowest BCUT2D eigenvalue weighted by Gasteiger charge is -2.19.